The Morgan fingerprint density at radius 3 is 2.80 bits per heavy atom. The zero-order valence-electron chi connectivity index (χ0n) is 8.95. The molecule has 1 atom stereocenters. The van der Waals surface area contributed by atoms with Crippen LogP contribution in [0.15, 0.2) is 18.2 Å². The first-order chi connectivity index (χ1) is 7.04. The van der Waals surface area contributed by atoms with Crippen LogP contribution in [0.2, 0.25) is 0 Å². The Kier molecular flexibility index (Phi) is 2.56. The van der Waals surface area contributed by atoms with Gasteiger partial charge in [0.15, 0.2) is 0 Å². The molecule has 1 aliphatic rings. The fourth-order valence-electron chi connectivity index (χ4n) is 2.15. The lowest BCUT2D eigenvalue weighted by molar-refractivity contribution is 0.572. The molecule has 0 saturated carbocycles. The van der Waals surface area contributed by atoms with E-state index in [4.69, 9.17) is 0 Å². The van der Waals surface area contributed by atoms with Gasteiger partial charge >= 0.3 is 0 Å². The van der Waals surface area contributed by atoms with Crippen molar-refractivity contribution in [2.45, 2.75) is 25.0 Å². The third-order valence-electron chi connectivity index (χ3n) is 2.98. The van der Waals surface area contributed by atoms with E-state index in [-0.39, 0.29) is 5.25 Å². The fourth-order valence-corrected chi connectivity index (χ4v) is 3.41. The van der Waals surface area contributed by atoms with E-state index in [1.54, 1.807) is 0 Å². The lowest BCUT2D eigenvalue weighted by Crippen LogP contribution is -2.24. The maximum Gasteiger partial charge on any atom is 0.218 e. The third-order valence-corrected chi connectivity index (χ3v) is 4.79. The summed E-state index contributed by atoms with van der Waals surface area (Å²) < 4.78 is 25.9. The highest BCUT2D eigenvalue weighted by Gasteiger charge is 2.32. The van der Waals surface area contributed by atoms with E-state index in [1.807, 2.05) is 25.1 Å². The quantitative estimate of drug-likeness (QED) is 0.829. The van der Waals surface area contributed by atoms with Crippen LogP contribution >= 0.6 is 0 Å². The summed E-state index contributed by atoms with van der Waals surface area (Å²) in [7, 11) is -1.70. The van der Waals surface area contributed by atoms with Crippen molar-refractivity contribution < 1.29 is 8.42 Å². The SMILES string of the molecule is CNS(=O)(=O)C1CCc2ccc(C)cc21. The van der Waals surface area contributed by atoms with E-state index in [0.29, 0.717) is 6.42 Å². The summed E-state index contributed by atoms with van der Waals surface area (Å²) in [5.74, 6) is 0. The van der Waals surface area contributed by atoms with Crippen LogP contribution in [0, 0.1) is 6.92 Å². The van der Waals surface area contributed by atoms with Crippen molar-refractivity contribution in [3.05, 3.63) is 34.9 Å². The zero-order chi connectivity index (χ0) is 11.1. The molecule has 15 heavy (non-hydrogen) atoms. The molecule has 2 rings (SSSR count). The van der Waals surface area contributed by atoms with Crippen LogP contribution in [0.5, 0.6) is 0 Å². The molecule has 1 N–H and O–H groups in total. The van der Waals surface area contributed by atoms with Gasteiger partial charge in [-0.2, -0.15) is 0 Å². The molecule has 0 saturated heterocycles. The van der Waals surface area contributed by atoms with Gasteiger partial charge in [-0.3, -0.25) is 0 Å². The van der Waals surface area contributed by atoms with Gasteiger partial charge in [-0.05, 0) is 37.9 Å². The zero-order valence-corrected chi connectivity index (χ0v) is 9.76. The Balaban J connectivity index is 2.49. The van der Waals surface area contributed by atoms with E-state index in [0.717, 1.165) is 17.5 Å². The molecular weight excluding hydrogens is 210 g/mol. The van der Waals surface area contributed by atoms with E-state index in [1.165, 1.54) is 12.6 Å². The fraction of sp³-hybridized carbons (Fsp3) is 0.455. The number of fused-ring (bicyclic) bond motifs is 1. The molecule has 3 nitrogen and oxygen atoms in total. The molecular formula is C11H15NO2S. The van der Waals surface area contributed by atoms with Crippen molar-refractivity contribution in [3.8, 4) is 0 Å². The first-order valence-electron chi connectivity index (χ1n) is 5.06. The lowest BCUT2D eigenvalue weighted by Gasteiger charge is -2.12. The highest BCUT2D eigenvalue weighted by molar-refractivity contribution is 7.89. The van der Waals surface area contributed by atoms with E-state index in [2.05, 4.69) is 4.72 Å². The van der Waals surface area contributed by atoms with E-state index in [9.17, 15) is 8.42 Å². The molecule has 1 aliphatic carbocycles. The van der Waals surface area contributed by atoms with E-state index < -0.39 is 10.0 Å². The van der Waals surface area contributed by atoms with Gasteiger partial charge in [-0.15, -0.1) is 0 Å². The molecule has 0 fully saturated rings. The van der Waals surface area contributed by atoms with Gasteiger partial charge in [0.05, 0.1) is 0 Å². The Morgan fingerprint density at radius 1 is 1.40 bits per heavy atom. The average molecular weight is 225 g/mol. The van der Waals surface area contributed by atoms with Crippen molar-refractivity contribution >= 4 is 10.0 Å². The van der Waals surface area contributed by atoms with Crippen LogP contribution in [0.4, 0.5) is 0 Å². The number of aryl methyl sites for hydroxylation is 2. The van der Waals surface area contributed by atoms with Crippen LogP contribution in [0.25, 0.3) is 0 Å². The predicted molar refractivity (Wildman–Crippen MR) is 60.2 cm³/mol. The van der Waals surface area contributed by atoms with Crippen LogP contribution in [-0.2, 0) is 16.4 Å². The first-order valence-corrected chi connectivity index (χ1v) is 6.61. The highest BCUT2D eigenvalue weighted by atomic mass is 32.2. The highest BCUT2D eigenvalue weighted by Crippen LogP contribution is 2.36. The number of hydrogen-bond donors (Lipinski definition) is 1. The molecule has 1 unspecified atom stereocenters. The third kappa shape index (κ3) is 1.79. The summed E-state index contributed by atoms with van der Waals surface area (Å²) in [4.78, 5) is 0. The van der Waals surface area contributed by atoms with Gasteiger partial charge in [-0.25, -0.2) is 13.1 Å². The number of hydrogen-bond acceptors (Lipinski definition) is 2. The smallest absolute Gasteiger partial charge is 0.218 e. The molecule has 0 heterocycles. The Bertz CT molecular complexity index is 479. The number of rotatable bonds is 2. The minimum absolute atomic E-state index is 0.364. The average Bonchev–Trinajstić information content (AvgIpc) is 2.61. The largest absolute Gasteiger partial charge is 0.218 e. The molecule has 0 radical (unpaired) electrons. The summed E-state index contributed by atoms with van der Waals surface area (Å²) >= 11 is 0. The summed E-state index contributed by atoms with van der Waals surface area (Å²) in [6.45, 7) is 1.99. The summed E-state index contributed by atoms with van der Waals surface area (Å²) in [5, 5.41) is -0.364. The van der Waals surface area contributed by atoms with E-state index >= 15 is 0 Å². The minimum Gasteiger partial charge on any atom is -0.218 e. The molecule has 1 aromatic rings. The molecule has 0 spiro atoms. The number of nitrogens with one attached hydrogen (secondary N) is 1. The maximum atomic E-state index is 11.8. The van der Waals surface area contributed by atoms with Gasteiger partial charge < -0.3 is 0 Å². The van der Waals surface area contributed by atoms with Crippen molar-refractivity contribution in [1.29, 1.82) is 0 Å². The Morgan fingerprint density at radius 2 is 2.13 bits per heavy atom. The number of sulfonamides is 1. The van der Waals surface area contributed by atoms with Crippen molar-refractivity contribution in [2.24, 2.45) is 0 Å². The monoisotopic (exact) mass is 225 g/mol. The molecule has 0 amide bonds. The van der Waals surface area contributed by atoms with Crippen LogP contribution in [0.1, 0.15) is 28.4 Å². The molecule has 4 heteroatoms. The first kappa shape index (κ1) is 10.6. The van der Waals surface area contributed by atoms with Crippen molar-refractivity contribution in [1.82, 2.24) is 4.72 Å². The summed E-state index contributed by atoms with van der Waals surface area (Å²) in [5.41, 5.74) is 3.26. The second-order valence-electron chi connectivity index (χ2n) is 3.98. The maximum absolute atomic E-state index is 11.8. The van der Waals surface area contributed by atoms with Crippen molar-refractivity contribution in [3.63, 3.8) is 0 Å². The van der Waals surface area contributed by atoms with Gasteiger partial charge in [0.1, 0.15) is 5.25 Å². The molecule has 1 aromatic carbocycles. The lowest BCUT2D eigenvalue weighted by atomic mass is 10.1. The normalized spacial score (nSPS) is 20.3. The second-order valence-corrected chi connectivity index (χ2v) is 6.05. The second kappa shape index (κ2) is 3.61. The molecule has 0 bridgehead atoms. The molecule has 82 valence electrons. The standard InChI is InChI=1S/C11H15NO2S/c1-8-3-4-9-5-6-11(10(9)7-8)15(13,14)12-2/h3-4,7,11-12H,5-6H2,1-2H3. The van der Waals surface area contributed by atoms with Crippen LogP contribution < -0.4 is 4.72 Å². The van der Waals surface area contributed by atoms with Gasteiger partial charge in [-0.1, -0.05) is 23.8 Å². The van der Waals surface area contributed by atoms with Crippen molar-refractivity contribution in [2.75, 3.05) is 7.05 Å². The topological polar surface area (TPSA) is 46.2 Å². The minimum atomic E-state index is -3.18. The molecule has 0 aromatic heterocycles. The Hall–Kier alpha value is -0.870. The van der Waals surface area contributed by atoms with Gasteiger partial charge in [0, 0.05) is 0 Å². The molecule has 0 aliphatic heterocycles. The summed E-state index contributed by atoms with van der Waals surface area (Å²) in [6.07, 6.45) is 1.56. The Labute approximate surface area is 90.6 Å². The predicted octanol–water partition coefficient (Wildman–Crippen LogP) is 1.53. The van der Waals surface area contributed by atoms with Gasteiger partial charge in [0.2, 0.25) is 10.0 Å². The van der Waals surface area contributed by atoms with Gasteiger partial charge in [0.25, 0.3) is 0 Å². The van der Waals surface area contributed by atoms with Crippen LogP contribution in [-0.4, -0.2) is 15.5 Å². The van der Waals surface area contributed by atoms with Crippen LogP contribution in [0.3, 0.4) is 0 Å². The number of benzene rings is 1. The summed E-state index contributed by atoms with van der Waals surface area (Å²) in [6, 6.07) is 6.06.